The van der Waals surface area contributed by atoms with Crippen LogP contribution in [0, 0.1) is 0 Å². The van der Waals surface area contributed by atoms with E-state index in [9.17, 15) is 8.42 Å². The van der Waals surface area contributed by atoms with Gasteiger partial charge < -0.3 is 0 Å². The summed E-state index contributed by atoms with van der Waals surface area (Å²) in [4.78, 5) is 4.84. The first-order chi connectivity index (χ1) is 14.5. The van der Waals surface area contributed by atoms with Crippen LogP contribution in [0.4, 0.5) is 5.13 Å². The molecule has 1 N–H and O–H groups in total. The largest absolute Gasteiger partial charge is 0.253 e. The van der Waals surface area contributed by atoms with Gasteiger partial charge in [0.2, 0.25) is 15.2 Å². The summed E-state index contributed by atoms with van der Waals surface area (Å²) in [6, 6.07) is 16.8. The van der Waals surface area contributed by atoms with Crippen molar-refractivity contribution in [2.24, 2.45) is 5.10 Å². The predicted molar refractivity (Wildman–Crippen MR) is 125 cm³/mol. The van der Waals surface area contributed by atoms with Crippen molar-refractivity contribution in [3.63, 3.8) is 0 Å². The fourth-order valence-electron chi connectivity index (χ4n) is 2.97. The lowest BCUT2D eigenvalue weighted by Gasteiger charge is -2.21. The normalized spacial score (nSPS) is 12.0. The molecule has 0 radical (unpaired) electrons. The highest BCUT2D eigenvalue weighted by Gasteiger charge is 2.23. The molecule has 0 saturated carbocycles. The van der Waals surface area contributed by atoms with E-state index < -0.39 is 10.0 Å². The molecule has 0 atom stereocenters. The molecular formula is C22H26N4O2S2. The molecular weight excluding hydrogens is 416 g/mol. The SMILES string of the molecule is CCCN(CCC)S(=O)(=O)c1cccc(-c2csc(NN=Cc3ccccc3)n2)c1. The van der Waals surface area contributed by atoms with Crippen LogP contribution in [-0.4, -0.2) is 37.0 Å². The van der Waals surface area contributed by atoms with E-state index in [0.717, 1.165) is 24.0 Å². The van der Waals surface area contributed by atoms with E-state index in [1.165, 1.54) is 11.3 Å². The van der Waals surface area contributed by atoms with Gasteiger partial charge in [-0.15, -0.1) is 11.3 Å². The lowest BCUT2D eigenvalue weighted by Crippen LogP contribution is -2.32. The molecule has 0 aliphatic rings. The summed E-state index contributed by atoms with van der Waals surface area (Å²) in [5, 5.41) is 6.74. The minimum absolute atomic E-state index is 0.298. The number of hydrogen-bond donors (Lipinski definition) is 1. The van der Waals surface area contributed by atoms with Gasteiger partial charge in [0.25, 0.3) is 0 Å². The quantitative estimate of drug-likeness (QED) is 0.351. The lowest BCUT2D eigenvalue weighted by atomic mass is 10.2. The monoisotopic (exact) mass is 442 g/mol. The van der Waals surface area contributed by atoms with Crippen LogP contribution in [0.25, 0.3) is 11.3 Å². The van der Waals surface area contributed by atoms with Crippen molar-refractivity contribution in [2.45, 2.75) is 31.6 Å². The van der Waals surface area contributed by atoms with Gasteiger partial charge >= 0.3 is 0 Å². The maximum absolute atomic E-state index is 13.1. The zero-order valence-corrected chi connectivity index (χ0v) is 18.8. The van der Waals surface area contributed by atoms with Crippen LogP contribution in [0.15, 0.2) is 70.0 Å². The summed E-state index contributed by atoms with van der Waals surface area (Å²) in [7, 11) is -3.52. The van der Waals surface area contributed by atoms with Gasteiger partial charge in [-0.3, -0.25) is 5.43 Å². The third-order valence-corrected chi connectivity index (χ3v) is 7.03. The Labute approximate surface area is 182 Å². The second-order valence-electron chi connectivity index (χ2n) is 6.75. The number of rotatable bonds is 10. The summed E-state index contributed by atoms with van der Waals surface area (Å²) in [5.41, 5.74) is 5.40. The Bertz CT molecular complexity index is 1070. The summed E-state index contributed by atoms with van der Waals surface area (Å²) in [6.45, 7) is 5.01. The average Bonchev–Trinajstić information content (AvgIpc) is 3.23. The summed E-state index contributed by atoms with van der Waals surface area (Å²) >= 11 is 1.42. The maximum Gasteiger partial charge on any atom is 0.243 e. The molecule has 6 nitrogen and oxygen atoms in total. The molecule has 0 aliphatic carbocycles. The van der Waals surface area contributed by atoms with Gasteiger partial charge in [0.1, 0.15) is 0 Å². The number of nitrogens with one attached hydrogen (secondary N) is 1. The number of hydrazone groups is 1. The standard InChI is InChI=1S/C22H26N4O2S2/c1-3-13-26(14-4-2)30(27,28)20-12-8-11-19(15-20)21-17-29-22(24-21)25-23-16-18-9-6-5-7-10-18/h5-12,15-17H,3-4,13-14H2,1-2H3,(H,24,25). The van der Waals surface area contributed by atoms with Crippen LogP contribution in [0.2, 0.25) is 0 Å². The Morgan fingerprint density at radius 1 is 1.07 bits per heavy atom. The Hall–Kier alpha value is -2.55. The molecule has 1 aromatic heterocycles. The van der Waals surface area contributed by atoms with Crippen LogP contribution >= 0.6 is 11.3 Å². The van der Waals surface area contributed by atoms with Crippen molar-refractivity contribution in [2.75, 3.05) is 18.5 Å². The van der Waals surface area contributed by atoms with Gasteiger partial charge in [-0.05, 0) is 30.5 Å². The van der Waals surface area contributed by atoms with Crippen molar-refractivity contribution in [3.8, 4) is 11.3 Å². The number of thiazole rings is 1. The van der Waals surface area contributed by atoms with Crippen molar-refractivity contribution in [1.82, 2.24) is 9.29 Å². The number of hydrogen-bond acceptors (Lipinski definition) is 6. The molecule has 0 spiro atoms. The molecule has 0 fully saturated rings. The third-order valence-electron chi connectivity index (χ3n) is 4.39. The molecule has 0 bridgehead atoms. The lowest BCUT2D eigenvalue weighted by molar-refractivity contribution is 0.410. The fourth-order valence-corrected chi connectivity index (χ4v) is 5.31. The summed E-state index contributed by atoms with van der Waals surface area (Å²) < 4.78 is 27.7. The van der Waals surface area contributed by atoms with Gasteiger partial charge in [0.05, 0.1) is 16.8 Å². The Morgan fingerprint density at radius 2 is 1.80 bits per heavy atom. The van der Waals surface area contributed by atoms with Crippen LogP contribution in [0.1, 0.15) is 32.3 Å². The average molecular weight is 443 g/mol. The van der Waals surface area contributed by atoms with E-state index in [1.54, 1.807) is 28.7 Å². The molecule has 158 valence electrons. The van der Waals surface area contributed by atoms with Gasteiger partial charge in [-0.1, -0.05) is 56.3 Å². The van der Waals surface area contributed by atoms with Crippen molar-refractivity contribution >= 4 is 32.7 Å². The van der Waals surface area contributed by atoms with E-state index in [4.69, 9.17) is 0 Å². The first-order valence-corrected chi connectivity index (χ1v) is 12.3. The molecule has 8 heteroatoms. The molecule has 0 amide bonds. The third kappa shape index (κ3) is 5.53. The van der Waals surface area contributed by atoms with E-state index >= 15 is 0 Å². The minimum Gasteiger partial charge on any atom is -0.253 e. The Kier molecular flexibility index (Phi) is 7.73. The van der Waals surface area contributed by atoms with Gasteiger partial charge in [0, 0.05) is 24.0 Å². The highest BCUT2D eigenvalue weighted by molar-refractivity contribution is 7.89. The van der Waals surface area contributed by atoms with E-state index in [-0.39, 0.29) is 0 Å². The zero-order chi connectivity index (χ0) is 21.4. The zero-order valence-electron chi connectivity index (χ0n) is 17.2. The number of aromatic nitrogens is 1. The minimum atomic E-state index is -3.52. The first-order valence-electron chi connectivity index (χ1n) is 9.94. The predicted octanol–water partition coefficient (Wildman–Crippen LogP) is 5.07. The van der Waals surface area contributed by atoms with Crippen LogP contribution < -0.4 is 5.43 Å². The molecule has 1 heterocycles. The van der Waals surface area contributed by atoms with E-state index in [1.807, 2.05) is 55.6 Å². The number of sulfonamides is 1. The van der Waals surface area contributed by atoms with Gasteiger partial charge in [0.15, 0.2) is 0 Å². The highest BCUT2D eigenvalue weighted by atomic mass is 32.2. The van der Waals surface area contributed by atoms with Crippen molar-refractivity contribution in [3.05, 3.63) is 65.5 Å². The van der Waals surface area contributed by atoms with Gasteiger partial charge in [-0.2, -0.15) is 9.41 Å². The summed E-state index contributed by atoms with van der Waals surface area (Å²) in [5.74, 6) is 0. The molecule has 3 rings (SSSR count). The summed E-state index contributed by atoms with van der Waals surface area (Å²) in [6.07, 6.45) is 3.29. The second-order valence-corrected chi connectivity index (χ2v) is 9.55. The number of benzene rings is 2. The first kappa shape index (κ1) is 22.1. The van der Waals surface area contributed by atoms with Crippen LogP contribution in [0.3, 0.4) is 0 Å². The maximum atomic E-state index is 13.1. The second kappa shape index (κ2) is 10.5. The van der Waals surface area contributed by atoms with Crippen LogP contribution in [0.5, 0.6) is 0 Å². The number of anilines is 1. The topological polar surface area (TPSA) is 74.7 Å². The molecule has 30 heavy (non-hydrogen) atoms. The Morgan fingerprint density at radius 3 is 2.50 bits per heavy atom. The molecule has 0 unspecified atom stereocenters. The van der Waals surface area contributed by atoms with E-state index in [2.05, 4.69) is 15.5 Å². The smallest absolute Gasteiger partial charge is 0.243 e. The van der Waals surface area contributed by atoms with E-state index in [0.29, 0.717) is 28.8 Å². The van der Waals surface area contributed by atoms with Crippen molar-refractivity contribution < 1.29 is 8.42 Å². The number of nitrogens with zero attached hydrogens (tertiary/aromatic N) is 3. The fraction of sp³-hybridized carbons (Fsp3) is 0.273. The Balaban J connectivity index is 1.77. The molecule has 2 aromatic carbocycles. The molecule has 0 aliphatic heterocycles. The van der Waals surface area contributed by atoms with Crippen molar-refractivity contribution in [1.29, 1.82) is 0 Å². The van der Waals surface area contributed by atoms with Gasteiger partial charge in [-0.25, -0.2) is 13.4 Å². The highest BCUT2D eigenvalue weighted by Crippen LogP contribution is 2.27. The van der Waals surface area contributed by atoms with Crippen LogP contribution in [-0.2, 0) is 10.0 Å². The molecule has 3 aromatic rings. The molecule has 0 saturated heterocycles.